The van der Waals surface area contributed by atoms with Crippen LogP contribution in [0.25, 0.3) is 120 Å². The molecule has 0 radical (unpaired) electrons. The Morgan fingerprint density at radius 2 is 0.843 bits per heavy atom. The number of benzene rings is 10. The standard InChI is InChI=1S/C64H37N3O2S/c1-3-15-41(16-4-1)64(42-17-5-2-6-18-42)51-24-10-7-19-43(51)44-32-29-39(36-52(44)64)38-31-34-54-50(35-38)60-49(23-14-27-56(60)69-54)63-66-61(40-30-33-46-45-20-9-12-28-57(45)70-58(46)37-40)65-62(67-63)48-22-13-26-55-59(48)47-21-8-11-25-53(47)68-55/h1-37H. The Hall–Kier alpha value is -8.97. The zero-order valence-corrected chi connectivity index (χ0v) is 38.2. The van der Waals surface area contributed by atoms with Crippen LogP contribution >= 0.6 is 11.3 Å². The van der Waals surface area contributed by atoms with E-state index in [9.17, 15) is 0 Å². The zero-order valence-electron chi connectivity index (χ0n) is 37.4. The van der Waals surface area contributed by atoms with Crippen LogP contribution in [0.5, 0.6) is 0 Å². The summed E-state index contributed by atoms with van der Waals surface area (Å²) in [6, 6.07) is 79.9. The van der Waals surface area contributed by atoms with Gasteiger partial charge >= 0.3 is 0 Å². The molecule has 0 fully saturated rings. The second-order valence-corrected chi connectivity index (χ2v) is 19.3. The van der Waals surface area contributed by atoms with Crippen LogP contribution in [0.15, 0.2) is 233 Å². The molecule has 1 aliphatic carbocycles. The predicted molar refractivity (Wildman–Crippen MR) is 286 cm³/mol. The van der Waals surface area contributed by atoms with Crippen molar-refractivity contribution in [3.05, 3.63) is 247 Å². The molecule has 326 valence electrons. The highest BCUT2D eigenvalue weighted by atomic mass is 32.1. The first kappa shape index (κ1) is 39.1. The normalized spacial score (nSPS) is 13.0. The molecule has 15 rings (SSSR count). The van der Waals surface area contributed by atoms with Gasteiger partial charge in [0.15, 0.2) is 17.5 Å². The maximum absolute atomic E-state index is 6.69. The van der Waals surface area contributed by atoms with E-state index in [2.05, 4.69) is 182 Å². The van der Waals surface area contributed by atoms with Gasteiger partial charge in [0.05, 0.1) is 5.41 Å². The largest absolute Gasteiger partial charge is 0.456 e. The minimum absolute atomic E-state index is 0.507. The Labute approximate surface area is 405 Å². The molecule has 0 saturated heterocycles. The summed E-state index contributed by atoms with van der Waals surface area (Å²) in [4.78, 5) is 16.0. The number of hydrogen-bond donors (Lipinski definition) is 0. The summed E-state index contributed by atoms with van der Waals surface area (Å²) in [5.41, 5.74) is 15.1. The monoisotopic (exact) mass is 911 g/mol. The van der Waals surface area contributed by atoms with Crippen molar-refractivity contribution in [2.45, 2.75) is 5.41 Å². The second-order valence-electron chi connectivity index (χ2n) is 18.2. The summed E-state index contributed by atoms with van der Waals surface area (Å²) in [6.07, 6.45) is 0. The molecule has 0 aliphatic heterocycles. The van der Waals surface area contributed by atoms with Crippen molar-refractivity contribution >= 4 is 75.4 Å². The Kier molecular flexibility index (Phi) is 8.38. The Morgan fingerprint density at radius 1 is 0.314 bits per heavy atom. The Bertz CT molecular complexity index is 4390. The molecule has 10 aromatic carbocycles. The van der Waals surface area contributed by atoms with Gasteiger partial charge in [-0.05, 0) is 93.0 Å². The number of rotatable bonds is 6. The fourth-order valence-electron chi connectivity index (χ4n) is 11.4. The van der Waals surface area contributed by atoms with Crippen molar-refractivity contribution in [3.63, 3.8) is 0 Å². The molecule has 70 heavy (non-hydrogen) atoms. The van der Waals surface area contributed by atoms with Gasteiger partial charge in [0.1, 0.15) is 22.3 Å². The van der Waals surface area contributed by atoms with Gasteiger partial charge in [-0.15, -0.1) is 11.3 Å². The van der Waals surface area contributed by atoms with E-state index in [0.717, 1.165) is 71.7 Å². The van der Waals surface area contributed by atoms with Gasteiger partial charge < -0.3 is 8.83 Å². The van der Waals surface area contributed by atoms with E-state index in [1.807, 2.05) is 42.5 Å². The molecule has 14 aromatic rings. The molecule has 4 aromatic heterocycles. The molecule has 0 saturated carbocycles. The lowest BCUT2D eigenvalue weighted by Gasteiger charge is -2.34. The fourth-order valence-corrected chi connectivity index (χ4v) is 12.5. The van der Waals surface area contributed by atoms with E-state index in [4.69, 9.17) is 23.8 Å². The lowest BCUT2D eigenvalue weighted by atomic mass is 9.67. The smallest absolute Gasteiger partial charge is 0.164 e. The number of aromatic nitrogens is 3. The van der Waals surface area contributed by atoms with Crippen molar-refractivity contribution in [1.29, 1.82) is 0 Å². The van der Waals surface area contributed by atoms with Crippen LogP contribution < -0.4 is 0 Å². The van der Waals surface area contributed by atoms with Gasteiger partial charge in [0.2, 0.25) is 0 Å². The number of nitrogens with zero attached hydrogens (tertiary/aromatic N) is 3. The molecule has 0 unspecified atom stereocenters. The number of fused-ring (bicyclic) bond motifs is 12. The first-order valence-electron chi connectivity index (χ1n) is 23.6. The van der Waals surface area contributed by atoms with E-state index >= 15 is 0 Å². The quantitative estimate of drug-likeness (QED) is 0.166. The molecule has 0 amide bonds. The third-order valence-corrected chi connectivity index (χ3v) is 15.6. The third kappa shape index (κ3) is 5.68. The average Bonchev–Trinajstić information content (AvgIpc) is 4.19. The topological polar surface area (TPSA) is 65.0 Å². The second kappa shape index (κ2) is 15.0. The van der Waals surface area contributed by atoms with Gasteiger partial charge in [-0.1, -0.05) is 176 Å². The number of furan rings is 2. The molecular formula is C64H37N3O2S. The van der Waals surface area contributed by atoms with Crippen molar-refractivity contribution in [2.75, 3.05) is 0 Å². The third-order valence-electron chi connectivity index (χ3n) is 14.4. The minimum Gasteiger partial charge on any atom is -0.456 e. The van der Waals surface area contributed by atoms with Crippen LogP contribution in [0.1, 0.15) is 22.3 Å². The van der Waals surface area contributed by atoms with Crippen LogP contribution in [0.2, 0.25) is 0 Å². The maximum atomic E-state index is 6.69. The Balaban J connectivity index is 0.939. The highest BCUT2D eigenvalue weighted by molar-refractivity contribution is 7.25. The first-order chi connectivity index (χ1) is 34.7. The lowest BCUT2D eigenvalue weighted by molar-refractivity contribution is 0.668. The molecule has 0 N–H and O–H groups in total. The molecule has 6 heteroatoms. The molecule has 1 aliphatic rings. The molecule has 0 bridgehead atoms. The van der Waals surface area contributed by atoms with Crippen molar-refractivity contribution in [1.82, 2.24) is 15.0 Å². The zero-order chi connectivity index (χ0) is 45.9. The first-order valence-corrected chi connectivity index (χ1v) is 24.4. The maximum Gasteiger partial charge on any atom is 0.164 e. The molecule has 0 spiro atoms. The van der Waals surface area contributed by atoms with Crippen LogP contribution in [0, 0.1) is 0 Å². The van der Waals surface area contributed by atoms with Crippen LogP contribution in [-0.4, -0.2) is 15.0 Å². The summed E-state index contributed by atoms with van der Waals surface area (Å²) in [5.74, 6) is 1.72. The number of thiophene rings is 1. The summed E-state index contributed by atoms with van der Waals surface area (Å²) < 4.78 is 15.5. The summed E-state index contributed by atoms with van der Waals surface area (Å²) in [7, 11) is 0. The molecule has 4 heterocycles. The van der Waals surface area contributed by atoms with Crippen LogP contribution in [-0.2, 0) is 5.41 Å². The number of hydrogen-bond acceptors (Lipinski definition) is 6. The van der Waals surface area contributed by atoms with Crippen molar-refractivity contribution < 1.29 is 8.83 Å². The van der Waals surface area contributed by atoms with Crippen molar-refractivity contribution in [2.24, 2.45) is 0 Å². The van der Waals surface area contributed by atoms with Gasteiger partial charge in [-0.25, -0.2) is 15.0 Å². The van der Waals surface area contributed by atoms with Gasteiger partial charge in [0.25, 0.3) is 0 Å². The fraction of sp³-hybridized carbons (Fsp3) is 0.0156. The minimum atomic E-state index is -0.507. The SMILES string of the molecule is c1ccc(C2(c3ccccc3)c3ccccc3-c3ccc(-c4ccc5oc6cccc(-c7nc(-c8ccc9c(c8)sc8ccccc89)nc(-c8cccc9oc%10ccccc%10c89)n7)c6c5c4)cc32)cc1. The predicted octanol–water partition coefficient (Wildman–Crippen LogP) is 17.1. The van der Waals surface area contributed by atoms with Crippen LogP contribution in [0.4, 0.5) is 0 Å². The van der Waals surface area contributed by atoms with Gasteiger partial charge in [-0.2, -0.15) is 0 Å². The summed E-state index contributed by atoms with van der Waals surface area (Å²) in [5, 5.41) is 6.39. The molecule has 5 nitrogen and oxygen atoms in total. The van der Waals surface area contributed by atoms with Crippen molar-refractivity contribution in [3.8, 4) is 56.4 Å². The van der Waals surface area contributed by atoms with Gasteiger partial charge in [-0.3, -0.25) is 0 Å². The lowest BCUT2D eigenvalue weighted by Crippen LogP contribution is -2.28. The number of para-hydroxylation sites is 1. The highest BCUT2D eigenvalue weighted by Crippen LogP contribution is 2.57. The van der Waals surface area contributed by atoms with E-state index in [0.29, 0.717) is 17.5 Å². The van der Waals surface area contributed by atoms with E-state index < -0.39 is 5.41 Å². The summed E-state index contributed by atoms with van der Waals surface area (Å²) in [6.45, 7) is 0. The molecular weight excluding hydrogens is 875 g/mol. The summed E-state index contributed by atoms with van der Waals surface area (Å²) >= 11 is 1.78. The molecule has 0 atom stereocenters. The van der Waals surface area contributed by atoms with Gasteiger partial charge in [0, 0.05) is 58.4 Å². The van der Waals surface area contributed by atoms with Crippen LogP contribution in [0.3, 0.4) is 0 Å². The Morgan fingerprint density at radius 3 is 1.60 bits per heavy atom. The van der Waals surface area contributed by atoms with E-state index in [1.165, 1.54) is 53.6 Å². The van der Waals surface area contributed by atoms with E-state index in [-0.39, 0.29) is 0 Å². The highest BCUT2D eigenvalue weighted by Gasteiger charge is 2.46. The van der Waals surface area contributed by atoms with E-state index in [1.54, 1.807) is 11.3 Å². The average molecular weight is 912 g/mol.